The Morgan fingerprint density at radius 2 is 2.12 bits per heavy atom. The number of aryl methyl sites for hydroxylation is 1. The van der Waals surface area contributed by atoms with E-state index in [2.05, 4.69) is 38.2 Å². The fourth-order valence-electron chi connectivity index (χ4n) is 2.16. The molecule has 2 rings (SSSR count). The molecule has 2 nitrogen and oxygen atoms in total. The highest BCUT2D eigenvalue weighted by molar-refractivity contribution is 5.47. The molecule has 1 saturated carbocycles. The first kappa shape index (κ1) is 11.5. The molecule has 0 radical (unpaired) electrons. The van der Waals surface area contributed by atoms with Gasteiger partial charge in [0.1, 0.15) is 0 Å². The second-order valence-corrected chi connectivity index (χ2v) is 5.71. The van der Waals surface area contributed by atoms with Gasteiger partial charge in [-0.25, -0.2) is 0 Å². The smallest absolute Gasteiger partial charge is 0.0343 e. The highest BCUT2D eigenvalue weighted by atomic mass is 14.9. The SMILES string of the molecule is Cc1cc(CNCC2CC2(C)C)ccc1N. The van der Waals surface area contributed by atoms with Crippen LogP contribution in [0.15, 0.2) is 18.2 Å². The molecule has 1 fully saturated rings. The van der Waals surface area contributed by atoms with Gasteiger partial charge < -0.3 is 11.1 Å². The summed E-state index contributed by atoms with van der Waals surface area (Å²) in [5.74, 6) is 0.863. The third-order valence-electron chi connectivity index (χ3n) is 3.77. The molecule has 0 aromatic heterocycles. The van der Waals surface area contributed by atoms with E-state index in [1.165, 1.54) is 17.5 Å². The number of anilines is 1. The lowest BCUT2D eigenvalue weighted by Gasteiger charge is -2.08. The van der Waals surface area contributed by atoms with Crippen molar-refractivity contribution in [3.8, 4) is 0 Å². The van der Waals surface area contributed by atoms with Crippen molar-refractivity contribution in [3.05, 3.63) is 29.3 Å². The maximum atomic E-state index is 5.79. The van der Waals surface area contributed by atoms with Crippen LogP contribution in [0.3, 0.4) is 0 Å². The summed E-state index contributed by atoms with van der Waals surface area (Å²) in [5, 5.41) is 3.53. The second-order valence-electron chi connectivity index (χ2n) is 5.71. The van der Waals surface area contributed by atoms with Crippen molar-refractivity contribution in [1.82, 2.24) is 5.32 Å². The van der Waals surface area contributed by atoms with Crippen molar-refractivity contribution in [2.24, 2.45) is 11.3 Å². The van der Waals surface area contributed by atoms with Gasteiger partial charge in [-0.05, 0) is 48.4 Å². The van der Waals surface area contributed by atoms with E-state index in [4.69, 9.17) is 5.73 Å². The summed E-state index contributed by atoms with van der Waals surface area (Å²) in [6.45, 7) is 8.83. The van der Waals surface area contributed by atoms with Gasteiger partial charge in [-0.15, -0.1) is 0 Å². The molecule has 1 aromatic rings. The summed E-state index contributed by atoms with van der Waals surface area (Å²) in [6.07, 6.45) is 1.36. The highest BCUT2D eigenvalue weighted by Gasteiger charge is 2.44. The molecule has 1 aliphatic carbocycles. The van der Waals surface area contributed by atoms with Crippen molar-refractivity contribution in [1.29, 1.82) is 0 Å². The van der Waals surface area contributed by atoms with Crippen LogP contribution in [-0.2, 0) is 6.54 Å². The fourth-order valence-corrected chi connectivity index (χ4v) is 2.16. The summed E-state index contributed by atoms with van der Waals surface area (Å²) in [7, 11) is 0. The van der Waals surface area contributed by atoms with Crippen LogP contribution in [0.1, 0.15) is 31.4 Å². The van der Waals surface area contributed by atoms with Crippen LogP contribution in [0.2, 0.25) is 0 Å². The van der Waals surface area contributed by atoms with Crippen LogP contribution in [0.4, 0.5) is 5.69 Å². The number of rotatable bonds is 4. The minimum absolute atomic E-state index is 0.573. The fraction of sp³-hybridized carbons (Fsp3) is 0.571. The van der Waals surface area contributed by atoms with Crippen LogP contribution in [0.5, 0.6) is 0 Å². The van der Waals surface area contributed by atoms with Gasteiger partial charge in [0, 0.05) is 12.2 Å². The van der Waals surface area contributed by atoms with Gasteiger partial charge in [-0.1, -0.05) is 26.0 Å². The molecule has 16 heavy (non-hydrogen) atoms. The summed E-state index contributed by atoms with van der Waals surface area (Å²) in [6, 6.07) is 6.27. The van der Waals surface area contributed by atoms with Crippen molar-refractivity contribution in [2.45, 2.75) is 33.7 Å². The Bertz CT molecular complexity index is 382. The van der Waals surface area contributed by atoms with E-state index >= 15 is 0 Å². The molecule has 1 aromatic carbocycles. The third-order valence-corrected chi connectivity index (χ3v) is 3.77. The molecule has 3 N–H and O–H groups in total. The summed E-state index contributed by atoms with van der Waals surface area (Å²) < 4.78 is 0. The Labute approximate surface area is 98.2 Å². The average Bonchev–Trinajstić information content (AvgIpc) is 2.80. The van der Waals surface area contributed by atoms with Gasteiger partial charge in [0.15, 0.2) is 0 Å². The number of nitrogens with two attached hydrogens (primary N) is 1. The predicted molar refractivity (Wildman–Crippen MR) is 69.2 cm³/mol. The topological polar surface area (TPSA) is 38.0 Å². The van der Waals surface area contributed by atoms with Crippen LogP contribution < -0.4 is 11.1 Å². The minimum Gasteiger partial charge on any atom is -0.399 e. The van der Waals surface area contributed by atoms with E-state index in [1.54, 1.807) is 0 Å². The predicted octanol–water partition coefficient (Wildman–Crippen LogP) is 2.71. The van der Waals surface area contributed by atoms with Gasteiger partial charge in [0.2, 0.25) is 0 Å². The van der Waals surface area contributed by atoms with Crippen molar-refractivity contribution in [2.75, 3.05) is 12.3 Å². The normalized spacial score (nSPS) is 22.1. The van der Waals surface area contributed by atoms with Gasteiger partial charge in [0.05, 0.1) is 0 Å². The maximum absolute atomic E-state index is 5.79. The largest absolute Gasteiger partial charge is 0.399 e. The zero-order valence-electron chi connectivity index (χ0n) is 10.5. The van der Waals surface area contributed by atoms with Crippen LogP contribution in [0, 0.1) is 18.3 Å². The molecule has 1 unspecified atom stereocenters. The molecule has 88 valence electrons. The molecule has 0 spiro atoms. The van der Waals surface area contributed by atoms with Crippen LogP contribution in [0.25, 0.3) is 0 Å². The first-order valence-corrected chi connectivity index (χ1v) is 6.05. The van der Waals surface area contributed by atoms with E-state index in [1.807, 2.05) is 6.07 Å². The first-order valence-electron chi connectivity index (χ1n) is 6.05. The minimum atomic E-state index is 0.573. The van der Waals surface area contributed by atoms with Gasteiger partial charge in [-0.2, -0.15) is 0 Å². The van der Waals surface area contributed by atoms with E-state index in [-0.39, 0.29) is 0 Å². The molecule has 0 saturated heterocycles. The van der Waals surface area contributed by atoms with Crippen LogP contribution >= 0.6 is 0 Å². The molecule has 0 aliphatic heterocycles. The lowest BCUT2D eigenvalue weighted by molar-refractivity contribution is 0.519. The van der Waals surface area contributed by atoms with Gasteiger partial charge in [-0.3, -0.25) is 0 Å². The quantitative estimate of drug-likeness (QED) is 0.763. The Balaban J connectivity index is 1.79. The molecular formula is C14H22N2. The Morgan fingerprint density at radius 1 is 1.44 bits per heavy atom. The van der Waals surface area contributed by atoms with Gasteiger partial charge >= 0.3 is 0 Å². The van der Waals surface area contributed by atoms with E-state index in [0.717, 1.165) is 24.7 Å². The molecule has 1 atom stereocenters. The van der Waals surface area contributed by atoms with E-state index in [0.29, 0.717) is 5.41 Å². The summed E-state index contributed by atoms with van der Waals surface area (Å²) in [4.78, 5) is 0. The molecule has 0 amide bonds. The Kier molecular flexibility index (Phi) is 2.94. The summed E-state index contributed by atoms with van der Waals surface area (Å²) in [5.41, 5.74) is 9.74. The maximum Gasteiger partial charge on any atom is 0.0343 e. The summed E-state index contributed by atoms with van der Waals surface area (Å²) >= 11 is 0. The Hall–Kier alpha value is -1.02. The lowest BCUT2D eigenvalue weighted by atomic mass is 10.1. The number of benzene rings is 1. The zero-order chi connectivity index (χ0) is 11.8. The molecule has 0 heterocycles. The monoisotopic (exact) mass is 218 g/mol. The van der Waals surface area contributed by atoms with Crippen molar-refractivity contribution < 1.29 is 0 Å². The first-order chi connectivity index (χ1) is 7.49. The standard InChI is InChI=1S/C14H22N2/c1-10-6-11(4-5-13(10)15)8-16-9-12-7-14(12,2)3/h4-6,12,16H,7-9,15H2,1-3H3. The van der Waals surface area contributed by atoms with E-state index in [9.17, 15) is 0 Å². The van der Waals surface area contributed by atoms with E-state index < -0.39 is 0 Å². The molecule has 1 aliphatic rings. The average molecular weight is 218 g/mol. The number of nitrogen functional groups attached to an aromatic ring is 1. The second kappa shape index (κ2) is 4.10. The molecule has 2 heteroatoms. The third kappa shape index (κ3) is 2.56. The van der Waals surface area contributed by atoms with Crippen molar-refractivity contribution in [3.63, 3.8) is 0 Å². The Morgan fingerprint density at radius 3 is 2.69 bits per heavy atom. The van der Waals surface area contributed by atoms with Crippen molar-refractivity contribution >= 4 is 5.69 Å². The zero-order valence-corrected chi connectivity index (χ0v) is 10.5. The number of nitrogens with one attached hydrogen (secondary N) is 1. The van der Waals surface area contributed by atoms with Crippen LogP contribution in [-0.4, -0.2) is 6.54 Å². The molecule has 0 bridgehead atoms. The molecular weight excluding hydrogens is 196 g/mol. The highest BCUT2D eigenvalue weighted by Crippen LogP contribution is 2.50. The van der Waals surface area contributed by atoms with Gasteiger partial charge in [0.25, 0.3) is 0 Å². The number of hydrogen-bond donors (Lipinski definition) is 2. The lowest BCUT2D eigenvalue weighted by Crippen LogP contribution is -2.18. The number of hydrogen-bond acceptors (Lipinski definition) is 2.